The van der Waals surface area contributed by atoms with Crippen LogP contribution in [0.15, 0.2) is 47.4 Å². The van der Waals surface area contributed by atoms with Crippen LogP contribution in [0.2, 0.25) is 24.7 Å². The highest BCUT2D eigenvalue weighted by atomic mass is 35.5. The van der Waals surface area contributed by atoms with Gasteiger partial charge in [-0.3, -0.25) is 4.68 Å². The summed E-state index contributed by atoms with van der Waals surface area (Å²) in [5.41, 5.74) is -0.785. The highest BCUT2D eigenvalue weighted by molar-refractivity contribution is 6.69. The Morgan fingerprint density at radius 1 is 1.11 bits per heavy atom. The molecule has 4 aromatic rings. The molecule has 0 N–H and O–H groups in total. The molecule has 3 aromatic heterocycles. The van der Waals surface area contributed by atoms with Crippen molar-refractivity contribution in [3.05, 3.63) is 59.4 Å². The minimum atomic E-state index is -2.88. The van der Waals surface area contributed by atoms with Gasteiger partial charge in [-0.1, -0.05) is 22.8 Å². The maximum atomic E-state index is 14.8. The number of nitrogens with zero attached hydrogens (tertiary/aromatic N) is 5. The van der Waals surface area contributed by atoms with Crippen LogP contribution in [-0.4, -0.2) is 38.8 Å². The quantitative estimate of drug-likeness (QED) is 0.202. The van der Waals surface area contributed by atoms with Gasteiger partial charge in [-0.15, -0.1) is 0 Å². The Labute approximate surface area is 218 Å². The van der Waals surface area contributed by atoms with E-state index in [1.807, 2.05) is 13.8 Å². The SMILES string of the molecule is CC(C)(CCn1ncc(-c2onc(-c3c(F)cccc3Cl)c2-c2ncccn2)c1C(F)F)O[Si](C)(C)C. The third-order valence-corrected chi connectivity index (χ3v) is 7.00. The van der Waals surface area contributed by atoms with Gasteiger partial charge in [0.15, 0.2) is 19.9 Å². The van der Waals surface area contributed by atoms with E-state index in [1.54, 1.807) is 6.07 Å². The Hall–Kier alpha value is -3.02. The first-order chi connectivity index (χ1) is 17.4. The molecular formula is C25H27ClF3N5O2Si. The standard InChI is InChI=1S/C25H27ClF3N5O2Si/c1-25(2,36-37(3,4)5)10-13-34-21(23(28)29)15(14-32-34)22-19(24-30-11-7-12-31-24)20(33-35-22)18-16(26)8-6-9-17(18)27/h6-9,11-12,14,23H,10,13H2,1-5H3. The maximum absolute atomic E-state index is 14.8. The van der Waals surface area contributed by atoms with Crippen LogP contribution in [0.1, 0.15) is 32.4 Å². The van der Waals surface area contributed by atoms with Gasteiger partial charge in [0.25, 0.3) is 6.43 Å². The van der Waals surface area contributed by atoms with Crippen LogP contribution in [0.25, 0.3) is 34.0 Å². The molecule has 3 heterocycles. The molecule has 0 aliphatic carbocycles. The first-order valence-corrected chi connectivity index (χ1v) is 15.4. The summed E-state index contributed by atoms with van der Waals surface area (Å²) >= 11 is 6.29. The fraction of sp³-hybridized carbons (Fsp3) is 0.360. The smallest absolute Gasteiger partial charge is 0.280 e. The molecule has 1 aromatic carbocycles. The Balaban J connectivity index is 1.82. The summed E-state index contributed by atoms with van der Waals surface area (Å²) in [6, 6.07) is 5.77. The fourth-order valence-corrected chi connectivity index (χ4v) is 6.25. The molecule has 37 heavy (non-hydrogen) atoms. The van der Waals surface area contributed by atoms with Gasteiger partial charge in [0.2, 0.25) is 0 Å². The Bertz CT molecular complexity index is 1370. The molecule has 0 aliphatic rings. The highest BCUT2D eigenvalue weighted by Gasteiger charge is 2.32. The number of halogens is 4. The average molecular weight is 550 g/mol. The third-order valence-electron chi connectivity index (χ3n) is 5.52. The van der Waals surface area contributed by atoms with Crippen molar-refractivity contribution in [1.29, 1.82) is 0 Å². The molecule has 0 fully saturated rings. The van der Waals surface area contributed by atoms with Crippen molar-refractivity contribution in [3.63, 3.8) is 0 Å². The third kappa shape index (κ3) is 5.94. The van der Waals surface area contributed by atoms with Gasteiger partial charge in [-0.2, -0.15) is 5.10 Å². The van der Waals surface area contributed by atoms with Crippen molar-refractivity contribution in [2.24, 2.45) is 0 Å². The van der Waals surface area contributed by atoms with Gasteiger partial charge in [-0.25, -0.2) is 23.1 Å². The van der Waals surface area contributed by atoms with Crippen LogP contribution in [0, 0.1) is 5.82 Å². The summed E-state index contributed by atoms with van der Waals surface area (Å²) in [6.07, 6.45) is 1.81. The maximum Gasteiger partial charge on any atom is 0.280 e. The van der Waals surface area contributed by atoms with Crippen LogP contribution in [0.5, 0.6) is 0 Å². The molecule has 0 aliphatic heterocycles. The Morgan fingerprint density at radius 3 is 2.43 bits per heavy atom. The average Bonchev–Trinajstić information content (AvgIpc) is 3.41. The number of alkyl halides is 2. The zero-order valence-corrected chi connectivity index (χ0v) is 22.9. The van der Waals surface area contributed by atoms with Crippen molar-refractivity contribution < 1.29 is 22.1 Å². The zero-order valence-electron chi connectivity index (χ0n) is 21.1. The summed E-state index contributed by atoms with van der Waals surface area (Å²) < 4.78 is 56.7. The van der Waals surface area contributed by atoms with E-state index in [2.05, 4.69) is 39.9 Å². The second-order valence-electron chi connectivity index (χ2n) is 10.1. The van der Waals surface area contributed by atoms with E-state index in [9.17, 15) is 13.2 Å². The van der Waals surface area contributed by atoms with Crippen molar-refractivity contribution in [3.8, 4) is 34.0 Å². The van der Waals surface area contributed by atoms with Crippen LogP contribution < -0.4 is 0 Å². The van der Waals surface area contributed by atoms with Gasteiger partial charge >= 0.3 is 0 Å². The first kappa shape index (κ1) is 27.0. The monoisotopic (exact) mass is 549 g/mol. The van der Waals surface area contributed by atoms with Crippen LogP contribution in [0.3, 0.4) is 0 Å². The van der Waals surface area contributed by atoms with Crippen molar-refractivity contribution in [2.75, 3.05) is 0 Å². The normalized spacial score (nSPS) is 12.5. The predicted molar refractivity (Wildman–Crippen MR) is 137 cm³/mol. The molecule has 0 amide bonds. The van der Waals surface area contributed by atoms with E-state index in [0.717, 1.165) is 0 Å². The molecule has 12 heteroatoms. The van der Waals surface area contributed by atoms with Crippen molar-refractivity contribution in [2.45, 2.75) is 58.5 Å². The molecule has 0 radical (unpaired) electrons. The predicted octanol–water partition coefficient (Wildman–Crippen LogP) is 7.41. The summed E-state index contributed by atoms with van der Waals surface area (Å²) in [6.45, 7) is 10.3. The highest BCUT2D eigenvalue weighted by Crippen LogP contribution is 2.43. The molecule has 196 valence electrons. The molecule has 0 saturated carbocycles. The summed E-state index contributed by atoms with van der Waals surface area (Å²) in [5, 5.41) is 8.32. The number of hydrogen-bond donors (Lipinski definition) is 0. The zero-order chi connectivity index (χ0) is 27.0. The molecule has 0 atom stereocenters. The second-order valence-corrected chi connectivity index (χ2v) is 14.9. The number of aryl methyl sites for hydroxylation is 1. The van der Waals surface area contributed by atoms with Gasteiger partial charge in [0, 0.05) is 18.9 Å². The van der Waals surface area contributed by atoms with Gasteiger partial charge in [-0.05, 0) is 58.1 Å². The lowest BCUT2D eigenvalue weighted by atomic mass is 10.0. The molecule has 7 nitrogen and oxygen atoms in total. The molecule has 0 unspecified atom stereocenters. The second kappa shape index (κ2) is 10.4. The van der Waals surface area contributed by atoms with Crippen molar-refractivity contribution in [1.82, 2.24) is 24.9 Å². The van der Waals surface area contributed by atoms with E-state index in [0.29, 0.717) is 6.42 Å². The minimum Gasteiger partial charge on any atom is -0.413 e. The number of aromatic nitrogens is 5. The van der Waals surface area contributed by atoms with Crippen molar-refractivity contribution >= 4 is 19.9 Å². The summed E-state index contributed by atoms with van der Waals surface area (Å²) in [5.74, 6) is -0.593. The minimum absolute atomic E-state index is 0.00179. The number of hydrogen-bond acceptors (Lipinski definition) is 6. The summed E-state index contributed by atoms with van der Waals surface area (Å²) in [4.78, 5) is 8.47. The lowest BCUT2D eigenvalue weighted by molar-refractivity contribution is 0.0814. The lowest BCUT2D eigenvalue weighted by Gasteiger charge is -2.33. The van der Waals surface area contributed by atoms with E-state index in [4.69, 9.17) is 20.6 Å². The topological polar surface area (TPSA) is 78.9 Å². The van der Waals surface area contributed by atoms with Gasteiger partial charge in [0.1, 0.15) is 17.2 Å². The molecule has 0 saturated heterocycles. The van der Waals surface area contributed by atoms with Crippen LogP contribution in [-0.2, 0) is 11.0 Å². The molecule has 0 spiro atoms. The van der Waals surface area contributed by atoms with Gasteiger partial charge < -0.3 is 8.95 Å². The number of rotatable bonds is 9. The van der Waals surface area contributed by atoms with E-state index in [1.165, 1.54) is 41.5 Å². The summed E-state index contributed by atoms with van der Waals surface area (Å²) in [7, 11) is -1.85. The van der Waals surface area contributed by atoms with Gasteiger partial charge in [0.05, 0.1) is 33.5 Å². The number of benzene rings is 1. The molecule has 0 bridgehead atoms. The Morgan fingerprint density at radius 2 is 1.81 bits per heavy atom. The van der Waals surface area contributed by atoms with Crippen LogP contribution >= 0.6 is 11.6 Å². The Kier molecular flexibility index (Phi) is 7.59. The van der Waals surface area contributed by atoms with Crippen LogP contribution in [0.4, 0.5) is 13.2 Å². The molecular weight excluding hydrogens is 523 g/mol. The molecule has 4 rings (SSSR count). The largest absolute Gasteiger partial charge is 0.413 e. The van der Waals surface area contributed by atoms with E-state index < -0.39 is 26.2 Å². The van der Waals surface area contributed by atoms with E-state index >= 15 is 0 Å². The first-order valence-electron chi connectivity index (χ1n) is 11.6. The fourth-order valence-electron chi connectivity index (χ4n) is 4.24. The van der Waals surface area contributed by atoms with E-state index in [-0.39, 0.29) is 51.2 Å². The lowest BCUT2D eigenvalue weighted by Crippen LogP contribution is -2.39.